The van der Waals surface area contributed by atoms with Crippen LogP contribution in [-0.4, -0.2) is 5.11 Å². The molecule has 0 spiro atoms. The van der Waals surface area contributed by atoms with Crippen LogP contribution in [0.15, 0.2) is 50.7 Å². The van der Waals surface area contributed by atoms with Gasteiger partial charge in [0.15, 0.2) is 0 Å². The zero-order valence-corrected chi connectivity index (χ0v) is 12.8. The van der Waals surface area contributed by atoms with E-state index in [-0.39, 0.29) is 6.61 Å². The molecule has 0 aliphatic heterocycles. The summed E-state index contributed by atoms with van der Waals surface area (Å²) >= 11 is 5.16. The molecule has 0 atom stereocenters. The largest absolute Gasteiger partial charge is 0.392 e. The SMILES string of the molecule is Cc1ccc(Sc2cc(Br)ccc2CO)cc1C. The average Bonchev–Trinajstić information content (AvgIpc) is 2.34. The molecule has 1 nitrogen and oxygen atoms in total. The Morgan fingerprint density at radius 3 is 2.50 bits per heavy atom. The summed E-state index contributed by atoms with van der Waals surface area (Å²) in [6.07, 6.45) is 0. The van der Waals surface area contributed by atoms with Crippen molar-refractivity contribution in [2.75, 3.05) is 0 Å². The molecule has 0 bridgehead atoms. The summed E-state index contributed by atoms with van der Waals surface area (Å²) in [7, 11) is 0. The maximum absolute atomic E-state index is 9.36. The summed E-state index contributed by atoms with van der Waals surface area (Å²) in [4.78, 5) is 2.29. The van der Waals surface area contributed by atoms with E-state index in [9.17, 15) is 5.11 Å². The lowest BCUT2D eigenvalue weighted by atomic mass is 10.1. The van der Waals surface area contributed by atoms with Crippen LogP contribution in [0.3, 0.4) is 0 Å². The molecule has 2 rings (SSSR count). The van der Waals surface area contributed by atoms with Crippen LogP contribution in [0.25, 0.3) is 0 Å². The van der Waals surface area contributed by atoms with Gasteiger partial charge in [-0.05, 0) is 54.8 Å². The summed E-state index contributed by atoms with van der Waals surface area (Å²) in [6, 6.07) is 12.4. The average molecular weight is 323 g/mol. The number of benzene rings is 2. The Morgan fingerprint density at radius 1 is 1.06 bits per heavy atom. The van der Waals surface area contributed by atoms with Crippen LogP contribution in [-0.2, 0) is 6.61 Å². The van der Waals surface area contributed by atoms with E-state index in [1.54, 1.807) is 11.8 Å². The molecule has 0 unspecified atom stereocenters. The van der Waals surface area contributed by atoms with E-state index in [1.165, 1.54) is 16.0 Å². The van der Waals surface area contributed by atoms with Crippen molar-refractivity contribution in [3.63, 3.8) is 0 Å². The standard InChI is InChI=1S/C15H15BrOS/c1-10-3-6-14(7-11(10)2)18-15-8-13(16)5-4-12(15)9-17/h3-8,17H,9H2,1-2H3. The van der Waals surface area contributed by atoms with E-state index in [1.807, 2.05) is 18.2 Å². The number of aryl methyl sites for hydroxylation is 2. The van der Waals surface area contributed by atoms with Gasteiger partial charge in [0.25, 0.3) is 0 Å². The molecule has 0 radical (unpaired) electrons. The first-order valence-corrected chi connectivity index (χ1v) is 7.35. The van der Waals surface area contributed by atoms with Crippen molar-refractivity contribution in [3.05, 3.63) is 57.6 Å². The number of halogens is 1. The zero-order chi connectivity index (χ0) is 13.1. The third-order valence-electron chi connectivity index (χ3n) is 2.91. The van der Waals surface area contributed by atoms with E-state index in [2.05, 4.69) is 48.0 Å². The number of hydrogen-bond donors (Lipinski definition) is 1. The Balaban J connectivity index is 2.33. The summed E-state index contributed by atoms with van der Waals surface area (Å²) < 4.78 is 1.03. The molecule has 94 valence electrons. The Hall–Kier alpha value is -0.770. The second-order valence-corrected chi connectivity index (χ2v) is 6.29. The third kappa shape index (κ3) is 3.16. The van der Waals surface area contributed by atoms with Gasteiger partial charge < -0.3 is 5.11 Å². The maximum atomic E-state index is 9.36. The lowest BCUT2D eigenvalue weighted by Gasteiger charge is -2.09. The monoisotopic (exact) mass is 322 g/mol. The minimum Gasteiger partial charge on any atom is -0.392 e. The number of hydrogen-bond acceptors (Lipinski definition) is 2. The summed E-state index contributed by atoms with van der Waals surface area (Å²) in [5, 5.41) is 9.36. The second-order valence-electron chi connectivity index (χ2n) is 4.26. The van der Waals surface area contributed by atoms with Gasteiger partial charge >= 0.3 is 0 Å². The van der Waals surface area contributed by atoms with E-state index >= 15 is 0 Å². The molecule has 18 heavy (non-hydrogen) atoms. The molecule has 0 amide bonds. The maximum Gasteiger partial charge on any atom is 0.0692 e. The van der Waals surface area contributed by atoms with E-state index < -0.39 is 0 Å². The van der Waals surface area contributed by atoms with Crippen LogP contribution in [0, 0.1) is 13.8 Å². The molecule has 2 aromatic rings. The van der Waals surface area contributed by atoms with Gasteiger partial charge in [0.2, 0.25) is 0 Å². The van der Waals surface area contributed by atoms with Crippen molar-refractivity contribution in [2.45, 2.75) is 30.2 Å². The Bertz CT molecular complexity index is 566. The highest BCUT2D eigenvalue weighted by molar-refractivity contribution is 9.10. The smallest absolute Gasteiger partial charge is 0.0692 e. The number of rotatable bonds is 3. The molecule has 0 aliphatic carbocycles. The first-order valence-electron chi connectivity index (χ1n) is 5.74. The molecule has 0 heterocycles. The van der Waals surface area contributed by atoms with Gasteiger partial charge in [-0.1, -0.05) is 39.8 Å². The quantitative estimate of drug-likeness (QED) is 0.883. The number of aliphatic hydroxyl groups is 1. The minimum absolute atomic E-state index is 0.0699. The van der Waals surface area contributed by atoms with E-state index in [4.69, 9.17) is 0 Å². The van der Waals surface area contributed by atoms with Gasteiger partial charge in [0.1, 0.15) is 0 Å². The highest BCUT2D eigenvalue weighted by Crippen LogP contribution is 2.33. The Labute approximate surface area is 120 Å². The first kappa shape index (κ1) is 13.7. The Kier molecular flexibility index (Phi) is 4.49. The van der Waals surface area contributed by atoms with E-state index in [0.29, 0.717) is 0 Å². The molecule has 3 heteroatoms. The molecule has 2 aromatic carbocycles. The molecular weight excluding hydrogens is 308 g/mol. The highest BCUT2D eigenvalue weighted by atomic mass is 79.9. The fourth-order valence-corrected chi connectivity index (χ4v) is 3.25. The first-order chi connectivity index (χ1) is 8.60. The van der Waals surface area contributed by atoms with Crippen LogP contribution in [0.5, 0.6) is 0 Å². The third-order valence-corrected chi connectivity index (χ3v) is 4.49. The zero-order valence-electron chi connectivity index (χ0n) is 10.4. The van der Waals surface area contributed by atoms with Crippen LogP contribution in [0.2, 0.25) is 0 Å². The molecule has 0 saturated heterocycles. The molecule has 1 N–H and O–H groups in total. The van der Waals surface area contributed by atoms with Crippen molar-refractivity contribution in [1.29, 1.82) is 0 Å². The summed E-state index contributed by atoms with van der Waals surface area (Å²) in [5.41, 5.74) is 3.55. The fourth-order valence-electron chi connectivity index (χ4n) is 1.66. The van der Waals surface area contributed by atoms with Crippen molar-refractivity contribution >= 4 is 27.7 Å². The normalized spacial score (nSPS) is 10.7. The van der Waals surface area contributed by atoms with Gasteiger partial charge in [0, 0.05) is 14.3 Å². The van der Waals surface area contributed by atoms with Crippen LogP contribution in [0.1, 0.15) is 16.7 Å². The minimum atomic E-state index is 0.0699. The highest BCUT2D eigenvalue weighted by Gasteiger charge is 2.05. The van der Waals surface area contributed by atoms with E-state index in [0.717, 1.165) is 14.9 Å². The Morgan fingerprint density at radius 2 is 1.83 bits per heavy atom. The molecule has 0 aromatic heterocycles. The topological polar surface area (TPSA) is 20.2 Å². The fraction of sp³-hybridized carbons (Fsp3) is 0.200. The predicted molar refractivity (Wildman–Crippen MR) is 80.1 cm³/mol. The van der Waals surface area contributed by atoms with Crippen LogP contribution < -0.4 is 0 Å². The molecule has 0 fully saturated rings. The summed E-state index contributed by atoms with van der Waals surface area (Å²) in [5.74, 6) is 0. The van der Waals surface area contributed by atoms with Crippen LogP contribution in [0.4, 0.5) is 0 Å². The molecule has 0 saturated carbocycles. The van der Waals surface area contributed by atoms with Gasteiger partial charge in [-0.3, -0.25) is 0 Å². The van der Waals surface area contributed by atoms with Gasteiger partial charge in [0.05, 0.1) is 6.61 Å². The van der Waals surface area contributed by atoms with Crippen molar-refractivity contribution < 1.29 is 5.11 Å². The number of aliphatic hydroxyl groups excluding tert-OH is 1. The van der Waals surface area contributed by atoms with Crippen molar-refractivity contribution in [1.82, 2.24) is 0 Å². The lowest BCUT2D eigenvalue weighted by molar-refractivity contribution is 0.279. The van der Waals surface area contributed by atoms with Crippen LogP contribution >= 0.6 is 27.7 Å². The molecule has 0 aliphatic rings. The molecular formula is C15H15BrOS. The predicted octanol–water partition coefficient (Wildman–Crippen LogP) is 4.71. The van der Waals surface area contributed by atoms with Gasteiger partial charge in [-0.25, -0.2) is 0 Å². The lowest BCUT2D eigenvalue weighted by Crippen LogP contribution is -1.88. The van der Waals surface area contributed by atoms with Crippen molar-refractivity contribution in [2.24, 2.45) is 0 Å². The van der Waals surface area contributed by atoms with Gasteiger partial charge in [-0.2, -0.15) is 0 Å². The summed E-state index contributed by atoms with van der Waals surface area (Å²) in [6.45, 7) is 4.30. The van der Waals surface area contributed by atoms with Crippen molar-refractivity contribution in [3.8, 4) is 0 Å². The second kappa shape index (κ2) is 5.91. The van der Waals surface area contributed by atoms with Gasteiger partial charge in [-0.15, -0.1) is 0 Å².